The lowest BCUT2D eigenvalue weighted by atomic mass is 10.1. The SMILES string of the molecule is CCC(=O)NC1Cc2ccc(S(=O)(=O)Cl)cc2C1. The number of halogens is 1. The molecule has 4 nitrogen and oxygen atoms in total. The van der Waals surface area contributed by atoms with Gasteiger partial charge in [0.25, 0.3) is 9.05 Å². The van der Waals surface area contributed by atoms with Crippen molar-refractivity contribution in [1.29, 1.82) is 0 Å². The monoisotopic (exact) mass is 287 g/mol. The Bertz CT molecular complexity index is 583. The maximum atomic E-state index is 11.3. The highest BCUT2D eigenvalue weighted by molar-refractivity contribution is 8.13. The molecule has 1 atom stereocenters. The predicted molar refractivity (Wildman–Crippen MR) is 69.1 cm³/mol. The fraction of sp³-hybridized carbons (Fsp3) is 0.417. The van der Waals surface area contributed by atoms with Crippen molar-refractivity contribution in [3.63, 3.8) is 0 Å². The van der Waals surface area contributed by atoms with Gasteiger partial charge in [-0.3, -0.25) is 4.79 Å². The first kappa shape index (κ1) is 13.4. The van der Waals surface area contributed by atoms with Crippen LogP contribution in [0.2, 0.25) is 0 Å². The molecule has 0 saturated carbocycles. The molecule has 1 unspecified atom stereocenters. The number of benzene rings is 1. The number of carbonyl (C=O) groups excluding carboxylic acids is 1. The fourth-order valence-electron chi connectivity index (χ4n) is 2.18. The molecule has 1 aromatic rings. The zero-order valence-electron chi connectivity index (χ0n) is 9.94. The van der Waals surface area contributed by atoms with Gasteiger partial charge in [-0.05, 0) is 36.1 Å². The largest absolute Gasteiger partial charge is 0.353 e. The number of nitrogens with one attached hydrogen (secondary N) is 1. The highest BCUT2D eigenvalue weighted by Crippen LogP contribution is 2.26. The molecule has 0 radical (unpaired) electrons. The van der Waals surface area contributed by atoms with Gasteiger partial charge in [-0.1, -0.05) is 13.0 Å². The number of amides is 1. The summed E-state index contributed by atoms with van der Waals surface area (Å²) in [7, 11) is 1.62. The van der Waals surface area contributed by atoms with Crippen LogP contribution >= 0.6 is 10.7 Å². The lowest BCUT2D eigenvalue weighted by Crippen LogP contribution is -2.34. The smallest absolute Gasteiger partial charge is 0.261 e. The number of rotatable bonds is 3. The van der Waals surface area contributed by atoms with Crippen LogP contribution in [-0.2, 0) is 26.7 Å². The maximum Gasteiger partial charge on any atom is 0.261 e. The van der Waals surface area contributed by atoms with Gasteiger partial charge < -0.3 is 5.32 Å². The normalized spacial score (nSPS) is 18.4. The third-order valence-electron chi connectivity index (χ3n) is 3.08. The molecule has 1 aliphatic rings. The summed E-state index contributed by atoms with van der Waals surface area (Å²) < 4.78 is 22.5. The zero-order chi connectivity index (χ0) is 13.3. The Labute approximate surface area is 111 Å². The van der Waals surface area contributed by atoms with Crippen LogP contribution in [0, 0.1) is 0 Å². The van der Waals surface area contributed by atoms with Crippen molar-refractivity contribution in [2.75, 3.05) is 0 Å². The summed E-state index contributed by atoms with van der Waals surface area (Å²) in [5, 5.41) is 2.91. The van der Waals surface area contributed by atoms with E-state index in [0.717, 1.165) is 17.5 Å². The molecule has 2 rings (SSSR count). The summed E-state index contributed by atoms with van der Waals surface area (Å²) in [5.74, 6) is 0.0120. The van der Waals surface area contributed by atoms with Crippen molar-refractivity contribution >= 4 is 25.6 Å². The predicted octanol–water partition coefficient (Wildman–Crippen LogP) is 1.61. The zero-order valence-corrected chi connectivity index (χ0v) is 11.5. The molecule has 1 aromatic carbocycles. The van der Waals surface area contributed by atoms with Crippen molar-refractivity contribution in [2.24, 2.45) is 0 Å². The van der Waals surface area contributed by atoms with Crippen LogP contribution in [0.3, 0.4) is 0 Å². The van der Waals surface area contributed by atoms with Crippen molar-refractivity contribution in [3.8, 4) is 0 Å². The number of carbonyl (C=O) groups is 1. The standard InChI is InChI=1S/C12H14ClNO3S/c1-2-12(15)14-10-5-8-3-4-11(18(13,16)17)7-9(8)6-10/h3-4,7,10H,2,5-6H2,1H3,(H,14,15). The van der Waals surface area contributed by atoms with Crippen molar-refractivity contribution < 1.29 is 13.2 Å². The van der Waals surface area contributed by atoms with Crippen LogP contribution < -0.4 is 5.32 Å². The van der Waals surface area contributed by atoms with Crippen molar-refractivity contribution in [3.05, 3.63) is 29.3 Å². The lowest BCUT2D eigenvalue weighted by Gasteiger charge is -2.10. The first-order valence-corrected chi connectivity index (χ1v) is 8.07. The number of hydrogen-bond donors (Lipinski definition) is 1. The second-order valence-corrected chi connectivity index (χ2v) is 6.96. The average molecular weight is 288 g/mol. The first-order chi connectivity index (χ1) is 8.40. The molecule has 18 heavy (non-hydrogen) atoms. The van der Waals surface area contributed by atoms with E-state index >= 15 is 0 Å². The van der Waals surface area contributed by atoms with Crippen LogP contribution in [0.25, 0.3) is 0 Å². The van der Waals surface area contributed by atoms with Gasteiger partial charge in [0.1, 0.15) is 0 Å². The molecule has 0 fully saturated rings. The average Bonchev–Trinajstić information content (AvgIpc) is 2.68. The minimum atomic E-state index is -3.68. The molecule has 0 heterocycles. The Morgan fingerprint density at radius 2 is 2.06 bits per heavy atom. The molecule has 0 saturated heterocycles. The topological polar surface area (TPSA) is 63.2 Å². The lowest BCUT2D eigenvalue weighted by molar-refractivity contribution is -0.121. The van der Waals surface area contributed by atoms with Crippen LogP contribution in [0.4, 0.5) is 0 Å². The summed E-state index contributed by atoms with van der Waals surface area (Å²) in [4.78, 5) is 11.4. The number of hydrogen-bond acceptors (Lipinski definition) is 3. The molecule has 0 bridgehead atoms. The van der Waals surface area contributed by atoms with Gasteiger partial charge in [0.05, 0.1) is 4.90 Å². The molecule has 1 amide bonds. The van der Waals surface area contributed by atoms with E-state index in [4.69, 9.17) is 10.7 Å². The Hall–Kier alpha value is -1.07. The second-order valence-electron chi connectivity index (χ2n) is 4.39. The summed E-state index contributed by atoms with van der Waals surface area (Å²) in [6.45, 7) is 1.80. The summed E-state index contributed by atoms with van der Waals surface area (Å²) in [6.07, 6.45) is 1.85. The summed E-state index contributed by atoms with van der Waals surface area (Å²) in [6, 6.07) is 4.92. The molecule has 1 aliphatic carbocycles. The molecule has 6 heteroatoms. The van der Waals surface area contributed by atoms with Crippen LogP contribution in [0.15, 0.2) is 23.1 Å². The maximum absolute atomic E-state index is 11.3. The minimum absolute atomic E-state index is 0.0120. The van der Waals surface area contributed by atoms with Crippen LogP contribution in [-0.4, -0.2) is 20.4 Å². The first-order valence-electron chi connectivity index (χ1n) is 5.76. The van der Waals surface area contributed by atoms with Gasteiger partial charge in [0.2, 0.25) is 5.91 Å². The third kappa shape index (κ3) is 2.84. The Balaban J connectivity index is 2.18. The van der Waals surface area contributed by atoms with Gasteiger partial charge in [-0.15, -0.1) is 0 Å². The molecule has 0 spiro atoms. The molecule has 0 aromatic heterocycles. The second kappa shape index (κ2) is 4.90. The minimum Gasteiger partial charge on any atom is -0.353 e. The van der Waals surface area contributed by atoms with Crippen molar-refractivity contribution in [1.82, 2.24) is 5.32 Å². The van der Waals surface area contributed by atoms with Gasteiger partial charge in [0, 0.05) is 23.1 Å². The molecular weight excluding hydrogens is 274 g/mol. The van der Waals surface area contributed by atoms with Gasteiger partial charge in [-0.2, -0.15) is 0 Å². The van der Waals surface area contributed by atoms with Crippen LogP contribution in [0.5, 0.6) is 0 Å². The Morgan fingerprint density at radius 1 is 1.39 bits per heavy atom. The quantitative estimate of drug-likeness (QED) is 0.859. The highest BCUT2D eigenvalue weighted by atomic mass is 35.7. The molecule has 98 valence electrons. The van der Waals surface area contributed by atoms with Gasteiger partial charge >= 0.3 is 0 Å². The Kier molecular flexibility index (Phi) is 3.64. The number of fused-ring (bicyclic) bond motifs is 1. The van der Waals surface area contributed by atoms with Crippen molar-refractivity contribution in [2.45, 2.75) is 37.1 Å². The van der Waals surface area contributed by atoms with E-state index in [2.05, 4.69) is 5.32 Å². The molecule has 1 N–H and O–H groups in total. The van der Waals surface area contributed by atoms with E-state index in [0.29, 0.717) is 12.8 Å². The van der Waals surface area contributed by atoms with E-state index in [1.807, 2.05) is 0 Å². The summed E-state index contributed by atoms with van der Waals surface area (Å²) >= 11 is 0. The summed E-state index contributed by atoms with van der Waals surface area (Å²) in [5.41, 5.74) is 2.01. The van der Waals surface area contributed by atoms with E-state index in [1.54, 1.807) is 19.1 Å². The van der Waals surface area contributed by atoms with E-state index in [9.17, 15) is 13.2 Å². The van der Waals surface area contributed by atoms with E-state index in [1.165, 1.54) is 6.07 Å². The Morgan fingerprint density at radius 3 is 2.67 bits per heavy atom. The van der Waals surface area contributed by atoms with Gasteiger partial charge in [-0.25, -0.2) is 8.42 Å². The molecule has 0 aliphatic heterocycles. The highest BCUT2D eigenvalue weighted by Gasteiger charge is 2.24. The van der Waals surface area contributed by atoms with E-state index < -0.39 is 9.05 Å². The van der Waals surface area contributed by atoms with Crippen LogP contribution in [0.1, 0.15) is 24.5 Å². The van der Waals surface area contributed by atoms with Gasteiger partial charge in [0.15, 0.2) is 0 Å². The fourth-order valence-corrected chi connectivity index (χ4v) is 2.98. The van der Waals surface area contributed by atoms with E-state index in [-0.39, 0.29) is 16.8 Å². The third-order valence-corrected chi connectivity index (χ3v) is 4.43. The molecular formula is C12H14ClNO3S.